The molecule has 6 heteroatoms. The van der Waals surface area contributed by atoms with Gasteiger partial charge in [-0.1, -0.05) is 0 Å². The zero-order valence-electron chi connectivity index (χ0n) is 10.9. The van der Waals surface area contributed by atoms with Crippen LogP contribution in [0.15, 0.2) is 16.6 Å². The molecule has 0 aliphatic carbocycles. The Kier molecular flexibility index (Phi) is 6.35. The van der Waals surface area contributed by atoms with Gasteiger partial charge < -0.3 is 14.8 Å². The van der Waals surface area contributed by atoms with E-state index in [2.05, 4.69) is 21.2 Å². The summed E-state index contributed by atoms with van der Waals surface area (Å²) in [5.41, 5.74) is 0.494. The number of aldehydes is 1. The molecule has 0 fully saturated rings. The number of hydrogen-bond acceptors (Lipinski definition) is 4. The average Bonchev–Trinajstić information content (AvgIpc) is 2.41. The SMILES string of the molecule is CCOc1cc(C=O)cc(Br)c1OCCC(=O)NC. The van der Waals surface area contributed by atoms with E-state index in [1.165, 1.54) is 0 Å². The standard InChI is InChI=1S/C13H16BrNO4/c1-3-18-11-7-9(8-16)6-10(14)13(11)19-5-4-12(17)15-2/h6-8H,3-5H2,1-2H3,(H,15,17). The third kappa shape index (κ3) is 4.55. The molecule has 1 N–H and O–H groups in total. The highest BCUT2D eigenvalue weighted by atomic mass is 79.9. The fourth-order valence-corrected chi connectivity index (χ4v) is 2.00. The quantitative estimate of drug-likeness (QED) is 0.779. The normalized spacial score (nSPS) is 9.84. The average molecular weight is 330 g/mol. The minimum atomic E-state index is -0.0985. The molecular formula is C13H16BrNO4. The lowest BCUT2D eigenvalue weighted by Crippen LogP contribution is -2.20. The Labute approximate surface area is 120 Å². The summed E-state index contributed by atoms with van der Waals surface area (Å²) in [7, 11) is 1.57. The van der Waals surface area contributed by atoms with E-state index in [1.54, 1.807) is 19.2 Å². The maximum Gasteiger partial charge on any atom is 0.223 e. The maximum absolute atomic E-state index is 11.1. The monoisotopic (exact) mass is 329 g/mol. The maximum atomic E-state index is 11.1. The first kappa shape index (κ1) is 15.5. The van der Waals surface area contributed by atoms with Gasteiger partial charge in [0.2, 0.25) is 5.91 Å². The van der Waals surface area contributed by atoms with Crippen molar-refractivity contribution >= 4 is 28.1 Å². The molecule has 0 spiro atoms. The summed E-state index contributed by atoms with van der Waals surface area (Å²) in [6.07, 6.45) is 0.992. The molecule has 0 saturated heterocycles. The third-order valence-corrected chi connectivity index (χ3v) is 2.91. The van der Waals surface area contributed by atoms with E-state index < -0.39 is 0 Å². The van der Waals surface area contributed by atoms with Crippen LogP contribution in [0.3, 0.4) is 0 Å². The molecule has 1 rings (SSSR count). The Morgan fingerprint density at radius 1 is 1.42 bits per heavy atom. The van der Waals surface area contributed by atoms with Crippen LogP contribution < -0.4 is 14.8 Å². The summed E-state index contributed by atoms with van der Waals surface area (Å²) >= 11 is 3.33. The molecule has 5 nitrogen and oxygen atoms in total. The van der Waals surface area contributed by atoms with Gasteiger partial charge >= 0.3 is 0 Å². The summed E-state index contributed by atoms with van der Waals surface area (Å²) in [6, 6.07) is 3.25. The molecule has 0 radical (unpaired) electrons. The second-order valence-corrected chi connectivity index (χ2v) is 4.51. The van der Waals surface area contributed by atoms with Crippen LogP contribution in [-0.2, 0) is 4.79 Å². The number of carbonyl (C=O) groups excluding carboxylic acids is 2. The number of ether oxygens (including phenoxy) is 2. The van der Waals surface area contributed by atoms with Crippen molar-refractivity contribution in [3.63, 3.8) is 0 Å². The fourth-order valence-electron chi connectivity index (χ4n) is 1.43. The van der Waals surface area contributed by atoms with E-state index in [0.717, 1.165) is 6.29 Å². The molecule has 0 heterocycles. The molecule has 0 bridgehead atoms. The predicted molar refractivity (Wildman–Crippen MR) is 74.9 cm³/mol. The number of halogens is 1. The molecule has 0 unspecified atom stereocenters. The Balaban J connectivity index is 2.85. The highest BCUT2D eigenvalue weighted by Crippen LogP contribution is 2.36. The molecule has 0 aliphatic heterocycles. The van der Waals surface area contributed by atoms with Gasteiger partial charge in [-0.3, -0.25) is 9.59 Å². The first-order valence-electron chi connectivity index (χ1n) is 5.87. The van der Waals surface area contributed by atoms with Crippen molar-refractivity contribution in [2.24, 2.45) is 0 Å². The van der Waals surface area contributed by atoms with E-state index >= 15 is 0 Å². The van der Waals surface area contributed by atoms with Crippen molar-refractivity contribution in [1.29, 1.82) is 0 Å². The zero-order chi connectivity index (χ0) is 14.3. The van der Waals surface area contributed by atoms with Crippen molar-refractivity contribution < 1.29 is 19.1 Å². The molecule has 1 aromatic carbocycles. The number of benzene rings is 1. The number of rotatable bonds is 7. The fraction of sp³-hybridized carbons (Fsp3) is 0.385. The molecule has 1 aromatic rings. The molecule has 0 atom stereocenters. The first-order valence-corrected chi connectivity index (χ1v) is 6.66. The molecule has 19 heavy (non-hydrogen) atoms. The van der Waals surface area contributed by atoms with Crippen molar-refractivity contribution in [3.05, 3.63) is 22.2 Å². The number of nitrogens with one attached hydrogen (secondary N) is 1. The van der Waals surface area contributed by atoms with Crippen LogP contribution in [0.1, 0.15) is 23.7 Å². The molecule has 104 valence electrons. The van der Waals surface area contributed by atoms with Crippen LogP contribution in [-0.4, -0.2) is 32.5 Å². The number of hydrogen-bond donors (Lipinski definition) is 1. The summed E-state index contributed by atoms with van der Waals surface area (Å²) in [6.45, 7) is 2.54. The van der Waals surface area contributed by atoms with Gasteiger partial charge in [-0.05, 0) is 35.0 Å². The molecular weight excluding hydrogens is 314 g/mol. The number of amides is 1. The molecule has 0 aliphatic rings. The van der Waals surface area contributed by atoms with Crippen LogP contribution in [0, 0.1) is 0 Å². The van der Waals surface area contributed by atoms with Crippen LogP contribution in [0.5, 0.6) is 11.5 Å². The molecule has 0 aromatic heterocycles. The Hall–Kier alpha value is -1.56. The highest BCUT2D eigenvalue weighted by Gasteiger charge is 2.12. The minimum absolute atomic E-state index is 0.0985. The lowest BCUT2D eigenvalue weighted by Gasteiger charge is -2.14. The van der Waals surface area contributed by atoms with Gasteiger partial charge in [0.1, 0.15) is 6.29 Å². The van der Waals surface area contributed by atoms with Gasteiger partial charge in [0.05, 0.1) is 24.1 Å². The number of carbonyl (C=O) groups is 2. The lowest BCUT2D eigenvalue weighted by atomic mass is 10.2. The highest BCUT2D eigenvalue weighted by molar-refractivity contribution is 9.10. The predicted octanol–water partition coefficient (Wildman–Crippen LogP) is 2.18. The molecule has 1 amide bonds. The van der Waals surface area contributed by atoms with Crippen LogP contribution >= 0.6 is 15.9 Å². The smallest absolute Gasteiger partial charge is 0.223 e. The Bertz CT molecular complexity index is 462. The van der Waals surface area contributed by atoms with Gasteiger partial charge in [-0.2, -0.15) is 0 Å². The van der Waals surface area contributed by atoms with Crippen molar-refractivity contribution in [1.82, 2.24) is 5.32 Å². The van der Waals surface area contributed by atoms with E-state index in [4.69, 9.17) is 9.47 Å². The lowest BCUT2D eigenvalue weighted by molar-refractivity contribution is -0.121. The Morgan fingerprint density at radius 3 is 2.74 bits per heavy atom. The van der Waals surface area contributed by atoms with E-state index in [1.807, 2.05) is 6.92 Å². The van der Waals surface area contributed by atoms with Gasteiger partial charge in [-0.15, -0.1) is 0 Å². The summed E-state index contributed by atoms with van der Waals surface area (Å²) < 4.78 is 11.6. The van der Waals surface area contributed by atoms with Crippen LogP contribution in [0.25, 0.3) is 0 Å². The van der Waals surface area contributed by atoms with Crippen molar-refractivity contribution in [2.45, 2.75) is 13.3 Å². The second-order valence-electron chi connectivity index (χ2n) is 3.65. The van der Waals surface area contributed by atoms with Gasteiger partial charge in [0, 0.05) is 12.6 Å². The first-order chi connectivity index (χ1) is 9.12. The third-order valence-electron chi connectivity index (χ3n) is 2.32. The zero-order valence-corrected chi connectivity index (χ0v) is 12.5. The summed E-state index contributed by atoms with van der Waals surface area (Å²) in [5, 5.41) is 2.52. The largest absolute Gasteiger partial charge is 0.490 e. The van der Waals surface area contributed by atoms with Gasteiger partial charge in [0.15, 0.2) is 11.5 Å². The minimum Gasteiger partial charge on any atom is -0.490 e. The molecule has 0 saturated carbocycles. The van der Waals surface area contributed by atoms with Crippen molar-refractivity contribution in [3.8, 4) is 11.5 Å². The second kappa shape index (κ2) is 7.78. The van der Waals surface area contributed by atoms with Crippen molar-refractivity contribution in [2.75, 3.05) is 20.3 Å². The van der Waals surface area contributed by atoms with E-state index in [0.29, 0.717) is 28.1 Å². The van der Waals surface area contributed by atoms with Gasteiger partial charge in [0.25, 0.3) is 0 Å². The van der Waals surface area contributed by atoms with E-state index in [-0.39, 0.29) is 18.9 Å². The summed E-state index contributed by atoms with van der Waals surface area (Å²) in [4.78, 5) is 21.9. The van der Waals surface area contributed by atoms with E-state index in [9.17, 15) is 9.59 Å². The Morgan fingerprint density at radius 2 is 2.16 bits per heavy atom. The van der Waals surface area contributed by atoms with Crippen LogP contribution in [0.2, 0.25) is 0 Å². The topological polar surface area (TPSA) is 64.6 Å². The van der Waals surface area contributed by atoms with Gasteiger partial charge in [-0.25, -0.2) is 0 Å². The summed E-state index contributed by atoms with van der Waals surface area (Å²) in [5.74, 6) is 0.880. The van der Waals surface area contributed by atoms with Crippen LogP contribution in [0.4, 0.5) is 0 Å².